The predicted molar refractivity (Wildman–Crippen MR) is 95.3 cm³/mol. The van der Waals surface area contributed by atoms with E-state index in [1.807, 2.05) is 31.2 Å². The van der Waals surface area contributed by atoms with Crippen LogP contribution in [0.15, 0.2) is 24.3 Å². The first-order valence-corrected chi connectivity index (χ1v) is 9.49. The van der Waals surface area contributed by atoms with Gasteiger partial charge in [0.25, 0.3) is 0 Å². The van der Waals surface area contributed by atoms with Crippen LogP contribution in [-0.4, -0.2) is 44.1 Å². The van der Waals surface area contributed by atoms with Crippen LogP contribution >= 0.6 is 0 Å². The molecule has 7 heteroatoms. The van der Waals surface area contributed by atoms with Gasteiger partial charge < -0.3 is 10.1 Å². The zero-order chi connectivity index (χ0) is 18.5. The van der Waals surface area contributed by atoms with Crippen LogP contribution in [0.25, 0.3) is 0 Å². The number of nitrogens with zero attached hydrogens (tertiary/aromatic N) is 1. The molecule has 1 aromatic rings. The topological polar surface area (TPSA) is 75.7 Å². The Morgan fingerprint density at radius 1 is 1.25 bits per heavy atom. The normalized spacial score (nSPS) is 13.6. The van der Waals surface area contributed by atoms with E-state index in [1.54, 1.807) is 27.7 Å². The van der Waals surface area contributed by atoms with E-state index in [2.05, 4.69) is 5.32 Å². The van der Waals surface area contributed by atoms with E-state index in [0.29, 0.717) is 0 Å². The van der Waals surface area contributed by atoms with Gasteiger partial charge in [-0.2, -0.15) is 0 Å². The van der Waals surface area contributed by atoms with Gasteiger partial charge in [0.1, 0.15) is 5.60 Å². The number of alkyl carbamates (subject to hydrolysis) is 1. The minimum absolute atomic E-state index is 0.0665. The molecule has 1 aromatic carbocycles. The zero-order valence-corrected chi connectivity index (χ0v) is 16.1. The molecule has 0 unspecified atom stereocenters. The molecule has 0 bridgehead atoms. The monoisotopic (exact) mass is 356 g/mol. The maximum atomic E-state index is 12.4. The molecule has 1 amide bonds. The number of nitrogens with one attached hydrogen (secondary N) is 1. The summed E-state index contributed by atoms with van der Waals surface area (Å²) in [5.74, 6) is -0.0665. The Bertz CT molecular complexity index is 648. The molecule has 6 nitrogen and oxygen atoms in total. The van der Waals surface area contributed by atoms with E-state index in [1.165, 1.54) is 11.4 Å². The predicted octanol–water partition coefficient (Wildman–Crippen LogP) is 2.67. The van der Waals surface area contributed by atoms with Crippen molar-refractivity contribution in [3.05, 3.63) is 35.4 Å². The van der Waals surface area contributed by atoms with Gasteiger partial charge in [0.05, 0.1) is 5.75 Å². The summed E-state index contributed by atoms with van der Waals surface area (Å²) in [6, 6.07) is 7.03. The minimum Gasteiger partial charge on any atom is -0.444 e. The number of ether oxygens (including phenoxy) is 1. The Kier molecular flexibility index (Phi) is 6.80. The summed E-state index contributed by atoms with van der Waals surface area (Å²) in [4.78, 5) is 11.7. The Hall–Kier alpha value is -1.60. The highest BCUT2D eigenvalue weighted by molar-refractivity contribution is 7.88. The molecule has 0 saturated heterocycles. The summed E-state index contributed by atoms with van der Waals surface area (Å²) in [7, 11) is -1.94. The van der Waals surface area contributed by atoms with Gasteiger partial charge in [-0.05, 0) is 40.2 Å². The van der Waals surface area contributed by atoms with Crippen molar-refractivity contribution < 1.29 is 17.9 Å². The first-order valence-electron chi connectivity index (χ1n) is 7.88. The molecule has 1 atom stereocenters. The van der Waals surface area contributed by atoms with Crippen LogP contribution in [0, 0.1) is 6.92 Å². The molecular formula is C17H28N2O4S. The second kappa shape index (κ2) is 7.98. The fraction of sp³-hybridized carbons (Fsp3) is 0.588. The lowest BCUT2D eigenvalue weighted by Crippen LogP contribution is -2.44. The number of sulfonamides is 1. The van der Waals surface area contributed by atoms with Crippen LogP contribution in [-0.2, 0) is 20.5 Å². The lowest BCUT2D eigenvalue weighted by atomic mass is 10.2. The third-order valence-corrected chi connectivity index (χ3v) is 5.04. The number of carbonyl (C=O) groups is 1. The molecule has 0 aromatic heterocycles. The number of hydrogen-bond acceptors (Lipinski definition) is 4. The minimum atomic E-state index is -3.45. The van der Waals surface area contributed by atoms with Gasteiger partial charge >= 0.3 is 6.09 Å². The van der Waals surface area contributed by atoms with Crippen molar-refractivity contribution in [2.24, 2.45) is 0 Å². The number of amides is 1. The van der Waals surface area contributed by atoms with Crippen LogP contribution in [0.3, 0.4) is 0 Å². The number of hydrogen-bond donors (Lipinski definition) is 1. The van der Waals surface area contributed by atoms with Gasteiger partial charge in [0.2, 0.25) is 10.0 Å². The van der Waals surface area contributed by atoms with Gasteiger partial charge in [-0.25, -0.2) is 17.5 Å². The number of likely N-dealkylation sites (N-methyl/N-ethyl adjacent to an activating group) is 1. The third kappa shape index (κ3) is 7.31. The highest BCUT2D eigenvalue weighted by Gasteiger charge is 2.23. The number of aryl methyl sites for hydroxylation is 1. The van der Waals surface area contributed by atoms with Gasteiger partial charge in [0.15, 0.2) is 0 Å². The summed E-state index contributed by atoms with van der Waals surface area (Å²) < 4.78 is 31.3. The van der Waals surface area contributed by atoms with E-state index in [0.717, 1.165) is 11.1 Å². The molecule has 0 aliphatic carbocycles. The number of rotatable bonds is 6. The Morgan fingerprint density at radius 3 is 2.29 bits per heavy atom. The molecule has 0 fully saturated rings. The fourth-order valence-electron chi connectivity index (χ4n) is 2.06. The van der Waals surface area contributed by atoms with Crippen molar-refractivity contribution in [1.82, 2.24) is 9.62 Å². The SMILES string of the molecule is Cc1ccc(CS(=O)(=O)N(C)C[C@H](C)NC(=O)OC(C)(C)C)cc1. The summed E-state index contributed by atoms with van der Waals surface area (Å²) in [6.07, 6.45) is -0.556. The molecule has 0 spiro atoms. The quantitative estimate of drug-likeness (QED) is 0.850. The third-order valence-electron chi connectivity index (χ3n) is 3.24. The molecule has 0 heterocycles. The van der Waals surface area contributed by atoms with Gasteiger partial charge in [-0.1, -0.05) is 29.8 Å². The van der Waals surface area contributed by atoms with Crippen molar-refractivity contribution >= 4 is 16.1 Å². The van der Waals surface area contributed by atoms with E-state index in [9.17, 15) is 13.2 Å². The standard InChI is InChI=1S/C17H28N2O4S/c1-13-7-9-15(10-8-13)12-24(21,22)19(6)11-14(2)18-16(20)23-17(3,4)5/h7-10,14H,11-12H2,1-6H3,(H,18,20)/t14-/m0/s1. The average Bonchev–Trinajstić information content (AvgIpc) is 2.38. The Balaban J connectivity index is 2.60. The number of carbonyl (C=O) groups excluding carboxylic acids is 1. The zero-order valence-electron chi connectivity index (χ0n) is 15.3. The highest BCUT2D eigenvalue weighted by Crippen LogP contribution is 2.11. The second-order valence-corrected chi connectivity index (χ2v) is 9.15. The maximum absolute atomic E-state index is 12.4. The van der Waals surface area contributed by atoms with E-state index in [4.69, 9.17) is 4.74 Å². The first-order chi connectivity index (χ1) is 10.9. The van der Waals surface area contributed by atoms with Crippen LogP contribution in [0.4, 0.5) is 4.79 Å². The lowest BCUT2D eigenvalue weighted by molar-refractivity contribution is 0.0504. The van der Waals surface area contributed by atoms with E-state index >= 15 is 0 Å². The van der Waals surface area contributed by atoms with Gasteiger partial charge in [-0.15, -0.1) is 0 Å². The van der Waals surface area contributed by atoms with Crippen LogP contribution in [0.5, 0.6) is 0 Å². The average molecular weight is 356 g/mol. The fourth-order valence-corrected chi connectivity index (χ4v) is 3.34. The maximum Gasteiger partial charge on any atom is 0.407 e. The summed E-state index contributed by atoms with van der Waals surface area (Å²) >= 11 is 0. The van der Waals surface area contributed by atoms with Crippen molar-refractivity contribution in [3.8, 4) is 0 Å². The first kappa shape index (κ1) is 20.4. The molecule has 0 aliphatic heterocycles. The molecule has 24 heavy (non-hydrogen) atoms. The number of benzene rings is 1. The summed E-state index contributed by atoms with van der Waals surface area (Å²) in [5.41, 5.74) is 1.23. The van der Waals surface area contributed by atoms with Gasteiger partial charge in [0, 0.05) is 19.6 Å². The Morgan fingerprint density at radius 2 is 1.79 bits per heavy atom. The molecule has 1 N–H and O–H groups in total. The summed E-state index contributed by atoms with van der Waals surface area (Å²) in [5, 5.41) is 2.64. The second-order valence-electron chi connectivity index (χ2n) is 7.07. The lowest BCUT2D eigenvalue weighted by Gasteiger charge is -2.24. The van der Waals surface area contributed by atoms with E-state index < -0.39 is 21.7 Å². The van der Waals surface area contributed by atoms with Crippen molar-refractivity contribution in [2.75, 3.05) is 13.6 Å². The molecule has 0 saturated carbocycles. The largest absolute Gasteiger partial charge is 0.444 e. The molecule has 136 valence electrons. The van der Waals surface area contributed by atoms with Crippen molar-refractivity contribution in [3.63, 3.8) is 0 Å². The summed E-state index contributed by atoms with van der Waals surface area (Å²) in [6.45, 7) is 9.18. The molecule has 1 rings (SSSR count). The van der Waals surface area contributed by atoms with Crippen LogP contribution in [0.1, 0.15) is 38.8 Å². The molecular weight excluding hydrogens is 328 g/mol. The Labute approximate surface area is 145 Å². The molecule has 0 radical (unpaired) electrons. The smallest absolute Gasteiger partial charge is 0.407 e. The molecule has 0 aliphatic rings. The highest BCUT2D eigenvalue weighted by atomic mass is 32.2. The van der Waals surface area contributed by atoms with Gasteiger partial charge in [-0.3, -0.25) is 0 Å². The van der Waals surface area contributed by atoms with Crippen LogP contribution < -0.4 is 5.32 Å². The van der Waals surface area contributed by atoms with Crippen LogP contribution in [0.2, 0.25) is 0 Å². The van der Waals surface area contributed by atoms with Crippen molar-refractivity contribution in [2.45, 2.75) is 52.0 Å². The van der Waals surface area contributed by atoms with E-state index in [-0.39, 0.29) is 18.3 Å². The van der Waals surface area contributed by atoms with Crippen molar-refractivity contribution in [1.29, 1.82) is 0 Å².